The molecule has 0 aliphatic rings. The van der Waals surface area contributed by atoms with Crippen LogP contribution in [-0.2, 0) is 0 Å². The van der Waals surface area contributed by atoms with Gasteiger partial charge in [0.1, 0.15) is 5.82 Å². The lowest BCUT2D eigenvalue weighted by Gasteiger charge is -2.05. The second kappa shape index (κ2) is 4.67. The second-order valence-electron chi connectivity index (χ2n) is 3.21. The highest BCUT2D eigenvalue weighted by Crippen LogP contribution is 2.21. The van der Waals surface area contributed by atoms with Crippen molar-refractivity contribution < 1.29 is 9.18 Å². The van der Waals surface area contributed by atoms with E-state index in [4.69, 9.17) is 5.84 Å². The molecule has 1 amide bonds. The number of nitrogen functional groups attached to an aromatic ring is 1. The summed E-state index contributed by atoms with van der Waals surface area (Å²) in [5.41, 5.74) is 1.90. The summed E-state index contributed by atoms with van der Waals surface area (Å²) < 4.78 is 14.0. The Bertz CT molecular complexity index is 544. The largest absolute Gasteiger partial charge is 0.290 e. The van der Waals surface area contributed by atoms with E-state index < -0.39 is 11.7 Å². The fourth-order valence-electron chi connectivity index (χ4n) is 1.40. The third-order valence-electron chi connectivity index (χ3n) is 2.18. The Morgan fingerprint density at radius 2 is 1.94 bits per heavy atom. The number of aromatic nitrogens is 2. The molecular weight excluding hydrogens is 223 g/mol. The number of nitrogens with zero attached hydrogens (tertiary/aromatic N) is 2. The van der Waals surface area contributed by atoms with Gasteiger partial charge in [0.2, 0.25) is 0 Å². The molecule has 0 unspecified atom stereocenters. The SMILES string of the molecule is NNC(=O)c1cccc(-c2ncccn2)c1F. The van der Waals surface area contributed by atoms with Gasteiger partial charge in [-0.05, 0) is 18.2 Å². The summed E-state index contributed by atoms with van der Waals surface area (Å²) in [6, 6.07) is 6.00. The Morgan fingerprint density at radius 3 is 2.59 bits per heavy atom. The molecule has 0 saturated carbocycles. The molecule has 17 heavy (non-hydrogen) atoms. The zero-order valence-corrected chi connectivity index (χ0v) is 8.72. The van der Waals surface area contributed by atoms with Crippen LogP contribution < -0.4 is 11.3 Å². The van der Waals surface area contributed by atoms with Gasteiger partial charge >= 0.3 is 0 Å². The molecule has 0 aliphatic carbocycles. The summed E-state index contributed by atoms with van der Waals surface area (Å²) in [5.74, 6) is 3.80. The van der Waals surface area contributed by atoms with Crippen LogP contribution in [0.3, 0.4) is 0 Å². The van der Waals surface area contributed by atoms with Gasteiger partial charge in [0.15, 0.2) is 5.82 Å². The molecule has 0 radical (unpaired) electrons. The Hall–Kier alpha value is -2.34. The first-order valence-electron chi connectivity index (χ1n) is 4.81. The smallest absolute Gasteiger partial charge is 0.268 e. The first-order valence-corrected chi connectivity index (χ1v) is 4.81. The lowest BCUT2D eigenvalue weighted by Crippen LogP contribution is -2.30. The van der Waals surface area contributed by atoms with Gasteiger partial charge in [0.05, 0.1) is 11.1 Å². The molecule has 2 rings (SSSR count). The summed E-state index contributed by atoms with van der Waals surface area (Å²) in [7, 11) is 0. The topological polar surface area (TPSA) is 80.9 Å². The minimum absolute atomic E-state index is 0.141. The average molecular weight is 232 g/mol. The third-order valence-corrected chi connectivity index (χ3v) is 2.18. The highest BCUT2D eigenvalue weighted by Gasteiger charge is 2.16. The van der Waals surface area contributed by atoms with Crippen molar-refractivity contribution in [1.29, 1.82) is 0 Å². The molecule has 0 spiro atoms. The van der Waals surface area contributed by atoms with E-state index in [9.17, 15) is 9.18 Å². The zero-order valence-electron chi connectivity index (χ0n) is 8.72. The van der Waals surface area contributed by atoms with Gasteiger partial charge in [-0.15, -0.1) is 0 Å². The van der Waals surface area contributed by atoms with Crippen LogP contribution >= 0.6 is 0 Å². The third kappa shape index (κ3) is 2.11. The van der Waals surface area contributed by atoms with Crippen molar-refractivity contribution in [3.63, 3.8) is 0 Å². The summed E-state index contributed by atoms with van der Waals surface area (Å²) in [5, 5.41) is 0. The standard InChI is InChI=1S/C11H9FN4O/c12-9-7(10-14-5-2-6-15-10)3-1-4-8(9)11(17)16-13/h1-6H,13H2,(H,16,17). The van der Waals surface area contributed by atoms with E-state index in [-0.39, 0.29) is 17.0 Å². The van der Waals surface area contributed by atoms with Gasteiger partial charge < -0.3 is 0 Å². The van der Waals surface area contributed by atoms with E-state index in [2.05, 4.69) is 9.97 Å². The molecular formula is C11H9FN4O. The van der Waals surface area contributed by atoms with Crippen molar-refractivity contribution in [1.82, 2.24) is 15.4 Å². The van der Waals surface area contributed by atoms with Crippen LogP contribution in [0.25, 0.3) is 11.4 Å². The van der Waals surface area contributed by atoms with Gasteiger partial charge in [-0.2, -0.15) is 0 Å². The summed E-state index contributed by atoms with van der Waals surface area (Å²) in [4.78, 5) is 19.1. The Labute approximate surface area is 96.5 Å². The van der Waals surface area contributed by atoms with Gasteiger partial charge in [-0.25, -0.2) is 20.2 Å². The van der Waals surface area contributed by atoms with E-state index in [0.717, 1.165) is 0 Å². The Kier molecular flexibility index (Phi) is 3.06. The number of hydrazine groups is 1. The molecule has 5 nitrogen and oxygen atoms in total. The zero-order chi connectivity index (χ0) is 12.3. The Morgan fingerprint density at radius 1 is 1.24 bits per heavy atom. The number of halogens is 1. The van der Waals surface area contributed by atoms with Crippen molar-refractivity contribution in [2.75, 3.05) is 0 Å². The van der Waals surface area contributed by atoms with Crippen molar-refractivity contribution in [3.8, 4) is 11.4 Å². The molecule has 6 heteroatoms. The number of nitrogens with two attached hydrogens (primary N) is 1. The molecule has 1 aromatic heterocycles. The van der Waals surface area contributed by atoms with E-state index in [1.54, 1.807) is 12.1 Å². The molecule has 86 valence electrons. The lowest BCUT2D eigenvalue weighted by atomic mass is 10.1. The van der Waals surface area contributed by atoms with Crippen molar-refractivity contribution >= 4 is 5.91 Å². The number of carbonyl (C=O) groups excluding carboxylic acids is 1. The van der Waals surface area contributed by atoms with E-state index in [1.165, 1.54) is 24.5 Å². The maximum Gasteiger partial charge on any atom is 0.268 e. The van der Waals surface area contributed by atoms with Gasteiger partial charge in [0, 0.05) is 12.4 Å². The highest BCUT2D eigenvalue weighted by molar-refractivity contribution is 5.95. The molecule has 2 aromatic rings. The number of rotatable bonds is 2. The number of nitrogens with one attached hydrogen (secondary N) is 1. The maximum absolute atomic E-state index is 14.0. The first kappa shape index (κ1) is 11.2. The summed E-state index contributed by atoms with van der Waals surface area (Å²) >= 11 is 0. The van der Waals surface area contributed by atoms with E-state index in [0.29, 0.717) is 0 Å². The van der Waals surface area contributed by atoms with Crippen molar-refractivity contribution in [2.45, 2.75) is 0 Å². The van der Waals surface area contributed by atoms with Crippen LogP contribution in [0, 0.1) is 5.82 Å². The normalized spacial score (nSPS) is 10.0. The van der Waals surface area contributed by atoms with Crippen LogP contribution in [0.5, 0.6) is 0 Å². The van der Waals surface area contributed by atoms with Gasteiger partial charge in [-0.3, -0.25) is 10.2 Å². The predicted octanol–water partition coefficient (Wildman–Crippen LogP) is 0.886. The quantitative estimate of drug-likeness (QED) is 0.457. The van der Waals surface area contributed by atoms with Crippen LogP contribution in [0.15, 0.2) is 36.7 Å². The molecule has 0 fully saturated rings. The number of carbonyl (C=O) groups is 1. The van der Waals surface area contributed by atoms with Crippen LogP contribution in [0.1, 0.15) is 10.4 Å². The maximum atomic E-state index is 14.0. The Balaban J connectivity index is 2.54. The minimum atomic E-state index is -0.694. The van der Waals surface area contributed by atoms with Gasteiger partial charge in [-0.1, -0.05) is 6.07 Å². The van der Waals surface area contributed by atoms with E-state index in [1.807, 2.05) is 5.43 Å². The fraction of sp³-hybridized carbons (Fsp3) is 0. The predicted molar refractivity (Wildman–Crippen MR) is 59.1 cm³/mol. The molecule has 0 atom stereocenters. The molecule has 0 bridgehead atoms. The fourth-order valence-corrected chi connectivity index (χ4v) is 1.40. The number of hydrogen-bond acceptors (Lipinski definition) is 4. The highest BCUT2D eigenvalue weighted by atomic mass is 19.1. The summed E-state index contributed by atoms with van der Waals surface area (Å²) in [6.45, 7) is 0. The molecule has 3 N–H and O–H groups in total. The van der Waals surface area contributed by atoms with Crippen molar-refractivity contribution in [2.24, 2.45) is 5.84 Å². The molecule has 1 aromatic carbocycles. The number of amides is 1. The van der Waals surface area contributed by atoms with Crippen molar-refractivity contribution in [3.05, 3.63) is 48.0 Å². The summed E-state index contributed by atoms with van der Waals surface area (Å²) in [6.07, 6.45) is 2.99. The lowest BCUT2D eigenvalue weighted by molar-refractivity contribution is 0.0949. The average Bonchev–Trinajstić information content (AvgIpc) is 2.39. The first-order chi connectivity index (χ1) is 8.24. The van der Waals surface area contributed by atoms with Crippen LogP contribution in [0.2, 0.25) is 0 Å². The molecule has 0 aliphatic heterocycles. The number of benzene rings is 1. The second-order valence-corrected chi connectivity index (χ2v) is 3.21. The van der Waals surface area contributed by atoms with Gasteiger partial charge in [0.25, 0.3) is 5.91 Å². The monoisotopic (exact) mass is 232 g/mol. The molecule has 1 heterocycles. The minimum Gasteiger partial charge on any atom is -0.290 e. The molecule has 0 saturated heterocycles. The van der Waals surface area contributed by atoms with Crippen LogP contribution in [0.4, 0.5) is 4.39 Å². The van der Waals surface area contributed by atoms with E-state index >= 15 is 0 Å². The number of hydrogen-bond donors (Lipinski definition) is 2. The van der Waals surface area contributed by atoms with Crippen LogP contribution in [-0.4, -0.2) is 15.9 Å².